The topological polar surface area (TPSA) is 50.7 Å². The van der Waals surface area contributed by atoms with Crippen molar-refractivity contribution in [3.8, 4) is 0 Å². The highest BCUT2D eigenvalue weighted by atomic mass is 32.2. The van der Waals surface area contributed by atoms with Crippen LogP contribution in [0.2, 0.25) is 0 Å². The Hall–Kier alpha value is -0.710. The minimum absolute atomic E-state index is 0.289. The van der Waals surface area contributed by atoms with Gasteiger partial charge >= 0.3 is 5.97 Å². The average molecular weight is 371 g/mol. The van der Waals surface area contributed by atoms with Gasteiger partial charge in [0.2, 0.25) is 5.04 Å². The van der Waals surface area contributed by atoms with Crippen LogP contribution in [0.4, 0.5) is 0 Å². The molecule has 0 aromatic carbocycles. The lowest BCUT2D eigenvalue weighted by atomic mass is 10.1. The molecule has 0 aromatic rings. The van der Waals surface area contributed by atoms with Crippen LogP contribution in [0.1, 0.15) is 90.9 Å². The van der Waals surface area contributed by atoms with Gasteiger partial charge in [-0.3, -0.25) is 0 Å². The van der Waals surface area contributed by atoms with Gasteiger partial charge in [-0.2, -0.15) is 5.10 Å². The van der Waals surface area contributed by atoms with E-state index in [1.54, 1.807) is 0 Å². The predicted octanol–water partition coefficient (Wildman–Crippen LogP) is 5.52. The Bertz CT molecular complexity index is 371. The van der Waals surface area contributed by atoms with E-state index in [9.17, 15) is 4.79 Å². The second-order valence-corrected chi connectivity index (χ2v) is 8.06. The molecule has 1 aliphatic rings. The number of thioether (sulfide) groups is 1. The number of carbonyl (C=O) groups excluding carboxylic acids is 1. The van der Waals surface area contributed by atoms with E-state index in [0.29, 0.717) is 11.7 Å². The molecule has 1 rings (SSSR count). The van der Waals surface area contributed by atoms with Crippen molar-refractivity contribution < 1.29 is 9.53 Å². The quantitative estimate of drug-likeness (QED) is 0.136. The average Bonchev–Trinajstić information content (AvgIpc) is 3.42. The van der Waals surface area contributed by atoms with E-state index in [1.807, 2.05) is 6.92 Å². The fraction of sp³-hybridized carbons (Fsp3) is 0.900. The monoisotopic (exact) mass is 370 g/mol. The standard InChI is InChI=1S/C20H38N2O2S/c1-3-5-6-7-8-9-10-11-12-13-16-25-19(20(23)24-4-2)22-21-17-18-14-15-18/h18,21H,3-17H2,1-2H3. The summed E-state index contributed by atoms with van der Waals surface area (Å²) in [5.41, 5.74) is 3.04. The number of hydrazone groups is 1. The van der Waals surface area contributed by atoms with Gasteiger partial charge in [0.1, 0.15) is 0 Å². The Balaban J connectivity index is 2.03. The second kappa shape index (κ2) is 15.5. The van der Waals surface area contributed by atoms with Gasteiger partial charge in [0.15, 0.2) is 0 Å². The number of ether oxygens (including phenoxy) is 1. The van der Waals surface area contributed by atoms with Crippen LogP contribution in [-0.2, 0) is 9.53 Å². The Morgan fingerprint density at radius 1 is 1.00 bits per heavy atom. The molecule has 1 saturated carbocycles. The Morgan fingerprint density at radius 2 is 1.60 bits per heavy atom. The third-order valence-electron chi connectivity index (χ3n) is 4.44. The van der Waals surface area contributed by atoms with Crippen molar-refractivity contribution in [2.45, 2.75) is 90.9 Å². The third kappa shape index (κ3) is 13.2. The summed E-state index contributed by atoms with van der Waals surface area (Å²) in [7, 11) is 0. The number of rotatable bonds is 15. The SMILES string of the molecule is CCCCCCCCCCCCSC(=NNCC1CC1)C(=O)OCC. The highest BCUT2D eigenvalue weighted by Crippen LogP contribution is 2.27. The number of nitrogens with zero attached hydrogens (tertiary/aromatic N) is 1. The summed E-state index contributed by atoms with van der Waals surface area (Å²) in [6.45, 7) is 5.38. The molecule has 0 saturated heterocycles. The molecule has 0 bridgehead atoms. The van der Waals surface area contributed by atoms with E-state index < -0.39 is 0 Å². The Labute approximate surface area is 158 Å². The van der Waals surface area contributed by atoms with Crippen molar-refractivity contribution in [1.82, 2.24) is 5.43 Å². The third-order valence-corrected chi connectivity index (χ3v) is 5.47. The van der Waals surface area contributed by atoms with Crippen LogP contribution >= 0.6 is 11.8 Å². The van der Waals surface area contributed by atoms with Crippen LogP contribution in [-0.4, -0.2) is 29.9 Å². The zero-order valence-electron chi connectivity index (χ0n) is 16.4. The maximum Gasteiger partial charge on any atom is 0.365 e. The van der Waals surface area contributed by atoms with Crippen LogP contribution in [0, 0.1) is 5.92 Å². The maximum absolute atomic E-state index is 11.9. The van der Waals surface area contributed by atoms with Crippen molar-refractivity contribution in [2.75, 3.05) is 18.9 Å². The first-order valence-corrected chi connectivity index (χ1v) is 11.4. The van der Waals surface area contributed by atoms with Crippen molar-refractivity contribution in [3.63, 3.8) is 0 Å². The molecule has 0 amide bonds. The number of hydrogen-bond acceptors (Lipinski definition) is 5. The minimum Gasteiger partial charge on any atom is -0.461 e. The second-order valence-electron chi connectivity index (χ2n) is 6.97. The molecule has 0 spiro atoms. The maximum atomic E-state index is 11.9. The fourth-order valence-corrected chi connectivity index (χ4v) is 3.50. The largest absolute Gasteiger partial charge is 0.461 e. The van der Waals surface area contributed by atoms with E-state index in [4.69, 9.17) is 4.74 Å². The van der Waals surface area contributed by atoms with Crippen LogP contribution in [0.15, 0.2) is 5.10 Å². The van der Waals surface area contributed by atoms with Gasteiger partial charge < -0.3 is 10.2 Å². The lowest BCUT2D eigenvalue weighted by Gasteiger charge is -2.07. The van der Waals surface area contributed by atoms with Crippen molar-refractivity contribution in [3.05, 3.63) is 0 Å². The molecule has 146 valence electrons. The summed E-state index contributed by atoms with van der Waals surface area (Å²) in [6, 6.07) is 0. The lowest BCUT2D eigenvalue weighted by Crippen LogP contribution is -2.20. The van der Waals surface area contributed by atoms with Gasteiger partial charge in [0, 0.05) is 6.54 Å². The summed E-state index contributed by atoms with van der Waals surface area (Å²) >= 11 is 1.53. The first kappa shape index (κ1) is 22.3. The van der Waals surface area contributed by atoms with E-state index >= 15 is 0 Å². The van der Waals surface area contributed by atoms with Gasteiger partial charge in [0.25, 0.3) is 0 Å². The highest BCUT2D eigenvalue weighted by Gasteiger charge is 2.21. The van der Waals surface area contributed by atoms with Crippen LogP contribution in [0.25, 0.3) is 0 Å². The molecule has 0 aliphatic heterocycles. The van der Waals surface area contributed by atoms with Crippen LogP contribution < -0.4 is 5.43 Å². The van der Waals surface area contributed by atoms with Crippen molar-refractivity contribution in [2.24, 2.45) is 11.0 Å². The molecular weight excluding hydrogens is 332 g/mol. The van der Waals surface area contributed by atoms with Gasteiger partial charge in [-0.1, -0.05) is 76.5 Å². The predicted molar refractivity (Wildman–Crippen MR) is 109 cm³/mol. The number of carbonyl (C=O) groups is 1. The normalized spacial score (nSPS) is 14.6. The number of nitrogens with one attached hydrogen (secondary N) is 1. The van der Waals surface area contributed by atoms with Crippen LogP contribution in [0.5, 0.6) is 0 Å². The summed E-state index contributed by atoms with van der Waals surface area (Å²) in [5.74, 6) is 1.40. The first-order valence-electron chi connectivity index (χ1n) is 10.4. The molecule has 0 radical (unpaired) electrons. The molecule has 1 fully saturated rings. The Kier molecular flexibility index (Phi) is 13.9. The molecule has 25 heavy (non-hydrogen) atoms. The first-order chi connectivity index (χ1) is 12.3. The summed E-state index contributed by atoms with van der Waals surface area (Å²) in [5, 5.41) is 4.74. The van der Waals surface area contributed by atoms with Gasteiger partial charge in [-0.25, -0.2) is 4.79 Å². The molecule has 0 heterocycles. The molecule has 0 unspecified atom stereocenters. The molecule has 0 atom stereocenters. The zero-order chi connectivity index (χ0) is 18.2. The molecule has 0 aromatic heterocycles. The summed E-state index contributed by atoms with van der Waals surface area (Å²) in [6.07, 6.45) is 15.9. The van der Waals surface area contributed by atoms with Gasteiger partial charge in [0.05, 0.1) is 6.61 Å². The smallest absolute Gasteiger partial charge is 0.365 e. The van der Waals surface area contributed by atoms with Crippen molar-refractivity contribution in [1.29, 1.82) is 0 Å². The highest BCUT2D eigenvalue weighted by molar-refractivity contribution is 8.15. The molecule has 4 nitrogen and oxygen atoms in total. The van der Waals surface area contributed by atoms with E-state index in [1.165, 1.54) is 82.4 Å². The van der Waals surface area contributed by atoms with E-state index in [2.05, 4.69) is 17.5 Å². The molecule has 1 N–H and O–H groups in total. The lowest BCUT2D eigenvalue weighted by molar-refractivity contribution is -0.134. The molecular formula is C20H38N2O2S. The fourth-order valence-electron chi connectivity index (χ4n) is 2.66. The van der Waals surface area contributed by atoms with Gasteiger partial charge in [-0.15, -0.1) is 0 Å². The minimum atomic E-state index is -0.289. The number of esters is 1. The van der Waals surface area contributed by atoms with Crippen molar-refractivity contribution >= 4 is 22.8 Å². The van der Waals surface area contributed by atoms with E-state index in [0.717, 1.165) is 24.6 Å². The van der Waals surface area contributed by atoms with Crippen LogP contribution in [0.3, 0.4) is 0 Å². The van der Waals surface area contributed by atoms with E-state index in [-0.39, 0.29) is 5.97 Å². The summed E-state index contributed by atoms with van der Waals surface area (Å²) in [4.78, 5) is 11.9. The number of unbranched alkanes of at least 4 members (excludes halogenated alkanes) is 9. The van der Waals surface area contributed by atoms with Gasteiger partial charge in [-0.05, 0) is 37.9 Å². The summed E-state index contributed by atoms with van der Waals surface area (Å²) < 4.78 is 5.10. The Morgan fingerprint density at radius 3 is 2.16 bits per heavy atom. The molecule has 1 aliphatic carbocycles. The number of hydrogen-bond donors (Lipinski definition) is 1. The zero-order valence-corrected chi connectivity index (χ0v) is 17.2. The molecule has 5 heteroatoms.